The maximum absolute atomic E-state index is 12.3. The van der Waals surface area contributed by atoms with Gasteiger partial charge in [0.1, 0.15) is 5.78 Å². The molecule has 0 saturated heterocycles. The number of ketones is 1. The molecule has 0 bridgehead atoms. The van der Waals surface area contributed by atoms with Crippen molar-refractivity contribution in [3.63, 3.8) is 0 Å². The van der Waals surface area contributed by atoms with E-state index in [0.717, 1.165) is 23.3 Å². The maximum atomic E-state index is 12.3. The summed E-state index contributed by atoms with van der Waals surface area (Å²) in [6, 6.07) is 7.73. The van der Waals surface area contributed by atoms with Gasteiger partial charge in [0.15, 0.2) is 0 Å². The molecule has 1 aliphatic carbocycles. The zero-order chi connectivity index (χ0) is 11.5. The van der Waals surface area contributed by atoms with Gasteiger partial charge in [0.05, 0.1) is 10.8 Å². The molecule has 1 saturated carbocycles. The molecule has 0 amide bonds. The Morgan fingerprint density at radius 3 is 2.75 bits per heavy atom. The van der Waals surface area contributed by atoms with Crippen LogP contribution in [-0.4, -0.2) is 15.2 Å². The zero-order valence-electron chi connectivity index (χ0n) is 9.44. The first kappa shape index (κ1) is 11.5. The summed E-state index contributed by atoms with van der Waals surface area (Å²) in [6.07, 6.45) is 2.95. The van der Waals surface area contributed by atoms with Crippen LogP contribution < -0.4 is 0 Å². The normalized spacial score (nSPS) is 23.1. The van der Waals surface area contributed by atoms with E-state index in [1.807, 2.05) is 31.2 Å². The highest BCUT2D eigenvalue weighted by Gasteiger charge is 2.25. The summed E-state index contributed by atoms with van der Waals surface area (Å²) in [5, 5.41) is 0.0300. The number of benzene rings is 1. The summed E-state index contributed by atoms with van der Waals surface area (Å²) in [5.41, 5.74) is 1.05. The molecule has 1 aliphatic rings. The molecule has 2 unspecified atom stereocenters. The van der Waals surface area contributed by atoms with Gasteiger partial charge in [0.2, 0.25) is 0 Å². The van der Waals surface area contributed by atoms with Crippen molar-refractivity contribution in [2.24, 2.45) is 0 Å². The van der Waals surface area contributed by atoms with Gasteiger partial charge in [-0.2, -0.15) is 0 Å². The summed E-state index contributed by atoms with van der Waals surface area (Å²) in [7, 11) is -1.02. The van der Waals surface area contributed by atoms with E-state index in [2.05, 4.69) is 0 Å². The van der Waals surface area contributed by atoms with E-state index in [1.165, 1.54) is 0 Å². The van der Waals surface area contributed by atoms with E-state index >= 15 is 0 Å². The molecule has 0 spiro atoms. The molecule has 1 aromatic carbocycles. The minimum Gasteiger partial charge on any atom is -0.300 e. The van der Waals surface area contributed by atoms with Crippen LogP contribution >= 0.6 is 0 Å². The van der Waals surface area contributed by atoms with Crippen LogP contribution in [0.5, 0.6) is 0 Å². The van der Waals surface area contributed by atoms with Crippen molar-refractivity contribution in [3.05, 3.63) is 29.8 Å². The standard InChI is InChI=1S/C13H16O2S/c1-10-5-2-3-8-13(10)16(15)12-7-4-6-11(14)9-12/h2-3,5,8,12H,4,6-7,9H2,1H3. The summed E-state index contributed by atoms with van der Waals surface area (Å²) < 4.78 is 12.3. The molecular weight excluding hydrogens is 220 g/mol. The molecule has 0 radical (unpaired) electrons. The monoisotopic (exact) mass is 236 g/mol. The first-order valence-corrected chi connectivity index (χ1v) is 6.87. The largest absolute Gasteiger partial charge is 0.300 e. The molecule has 2 rings (SSSR count). The molecule has 3 heteroatoms. The molecule has 0 aromatic heterocycles. The predicted molar refractivity (Wildman–Crippen MR) is 64.9 cm³/mol. The fourth-order valence-electron chi connectivity index (χ4n) is 2.13. The lowest BCUT2D eigenvalue weighted by atomic mass is 9.99. The van der Waals surface area contributed by atoms with Crippen LogP contribution in [0.15, 0.2) is 29.2 Å². The third-order valence-electron chi connectivity index (χ3n) is 3.05. The molecule has 2 atom stereocenters. The first-order valence-electron chi connectivity index (χ1n) is 5.66. The lowest BCUT2D eigenvalue weighted by molar-refractivity contribution is -0.120. The van der Waals surface area contributed by atoms with Gasteiger partial charge in [0.25, 0.3) is 0 Å². The highest BCUT2D eigenvalue weighted by atomic mass is 32.2. The van der Waals surface area contributed by atoms with Gasteiger partial charge in [-0.25, -0.2) is 0 Å². The number of rotatable bonds is 2. The van der Waals surface area contributed by atoms with E-state index in [0.29, 0.717) is 12.8 Å². The number of hydrogen-bond donors (Lipinski definition) is 0. The van der Waals surface area contributed by atoms with Crippen molar-refractivity contribution < 1.29 is 9.00 Å². The third-order valence-corrected chi connectivity index (χ3v) is 4.95. The molecular formula is C13H16O2S. The topological polar surface area (TPSA) is 34.1 Å². The molecule has 0 aliphatic heterocycles. The SMILES string of the molecule is Cc1ccccc1S(=O)C1CCCC(=O)C1. The quantitative estimate of drug-likeness (QED) is 0.791. The average Bonchev–Trinajstić information content (AvgIpc) is 2.29. The van der Waals surface area contributed by atoms with E-state index < -0.39 is 10.8 Å². The van der Waals surface area contributed by atoms with Crippen molar-refractivity contribution in [2.45, 2.75) is 42.8 Å². The first-order chi connectivity index (χ1) is 7.68. The fraction of sp³-hybridized carbons (Fsp3) is 0.462. The van der Waals surface area contributed by atoms with Crippen LogP contribution in [0, 0.1) is 6.92 Å². The van der Waals surface area contributed by atoms with Crippen LogP contribution in [0.2, 0.25) is 0 Å². The van der Waals surface area contributed by atoms with Crippen LogP contribution in [-0.2, 0) is 15.6 Å². The van der Waals surface area contributed by atoms with Gasteiger partial charge in [-0.05, 0) is 31.4 Å². The van der Waals surface area contributed by atoms with Crippen molar-refractivity contribution in [1.82, 2.24) is 0 Å². The van der Waals surface area contributed by atoms with Gasteiger partial charge in [-0.3, -0.25) is 9.00 Å². The van der Waals surface area contributed by atoms with E-state index in [1.54, 1.807) is 0 Å². The van der Waals surface area contributed by atoms with Crippen molar-refractivity contribution in [1.29, 1.82) is 0 Å². The Morgan fingerprint density at radius 2 is 2.06 bits per heavy atom. The van der Waals surface area contributed by atoms with Gasteiger partial charge < -0.3 is 0 Å². The zero-order valence-corrected chi connectivity index (χ0v) is 10.3. The second-order valence-corrected chi connectivity index (χ2v) is 6.02. The Hall–Kier alpha value is -0.960. The Balaban J connectivity index is 2.19. The number of carbonyl (C=O) groups is 1. The van der Waals surface area contributed by atoms with Crippen LogP contribution in [0.1, 0.15) is 31.2 Å². The molecule has 2 nitrogen and oxygen atoms in total. The van der Waals surface area contributed by atoms with E-state index in [-0.39, 0.29) is 11.0 Å². The summed E-state index contributed by atoms with van der Waals surface area (Å²) >= 11 is 0. The molecule has 16 heavy (non-hydrogen) atoms. The highest BCUT2D eigenvalue weighted by Crippen LogP contribution is 2.25. The lowest BCUT2D eigenvalue weighted by Gasteiger charge is -2.20. The average molecular weight is 236 g/mol. The minimum absolute atomic E-state index is 0.0300. The summed E-state index contributed by atoms with van der Waals surface area (Å²) in [4.78, 5) is 12.3. The van der Waals surface area contributed by atoms with Crippen molar-refractivity contribution in [2.75, 3.05) is 0 Å². The Kier molecular flexibility index (Phi) is 3.54. The Morgan fingerprint density at radius 1 is 1.31 bits per heavy atom. The Labute approximate surface area is 98.5 Å². The lowest BCUT2D eigenvalue weighted by Crippen LogP contribution is -2.24. The van der Waals surface area contributed by atoms with Crippen LogP contribution in [0.25, 0.3) is 0 Å². The summed E-state index contributed by atoms with van der Waals surface area (Å²) in [6.45, 7) is 1.97. The van der Waals surface area contributed by atoms with Gasteiger partial charge >= 0.3 is 0 Å². The molecule has 86 valence electrons. The summed E-state index contributed by atoms with van der Waals surface area (Å²) in [5.74, 6) is 0.262. The fourth-order valence-corrected chi connectivity index (χ4v) is 3.80. The molecule has 0 heterocycles. The highest BCUT2D eigenvalue weighted by molar-refractivity contribution is 7.85. The molecule has 1 fully saturated rings. The van der Waals surface area contributed by atoms with Crippen molar-refractivity contribution in [3.8, 4) is 0 Å². The van der Waals surface area contributed by atoms with E-state index in [4.69, 9.17) is 0 Å². The van der Waals surface area contributed by atoms with Gasteiger partial charge in [0, 0.05) is 23.0 Å². The Bertz CT molecular complexity index is 426. The van der Waals surface area contributed by atoms with Crippen LogP contribution in [0.3, 0.4) is 0 Å². The minimum atomic E-state index is -1.02. The number of aryl methyl sites for hydroxylation is 1. The molecule has 0 N–H and O–H groups in total. The van der Waals surface area contributed by atoms with Gasteiger partial charge in [-0.15, -0.1) is 0 Å². The number of hydrogen-bond acceptors (Lipinski definition) is 2. The second kappa shape index (κ2) is 4.91. The maximum Gasteiger partial charge on any atom is 0.134 e. The van der Waals surface area contributed by atoms with Crippen molar-refractivity contribution >= 4 is 16.6 Å². The number of carbonyl (C=O) groups excluding carboxylic acids is 1. The van der Waals surface area contributed by atoms with Crippen LogP contribution in [0.4, 0.5) is 0 Å². The smallest absolute Gasteiger partial charge is 0.134 e. The second-order valence-electron chi connectivity index (χ2n) is 4.32. The molecule has 1 aromatic rings. The number of Topliss-reactive ketones (excluding diaryl/α,β-unsaturated/α-hetero) is 1. The third kappa shape index (κ3) is 2.40. The predicted octanol–water partition coefficient (Wildman–Crippen LogP) is 2.61. The van der Waals surface area contributed by atoms with E-state index in [9.17, 15) is 9.00 Å². The van der Waals surface area contributed by atoms with Gasteiger partial charge in [-0.1, -0.05) is 18.2 Å².